The van der Waals surface area contributed by atoms with Crippen LogP contribution in [0.25, 0.3) is 0 Å². The van der Waals surface area contributed by atoms with E-state index in [1.807, 2.05) is 24.4 Å². The number of ether oxygens (including phenoxy) is 1. The minimum atomic E-state index is 0.702. The second-order valence-electron chi connectivity index (χ2n) is 5.21. The third-order valence-corrected chi connectivity index (χ3v) is 4.35. The topological polar surface area (TPSA) is 21.6 Å². The molecule has 2 aromatic carbocycles. The standard InChI is InChI=1S/C18H19Br2NO/c1-4-7-22-18-15(19)9-14(10-16(18)20)11-21-17-6-5-12(2)8-13(17)3/h5-6,8-11H,4,7H2,1-3H3. The molecule has 0 aliphatic heterocycles. The molecule has 0 saturated carbocycles. The van der Waals surface area contributed by atoms with Gasteiger partial charge in [-0.05, 0) is 81.5 Å². The van der Waals surface area contributed by atoms with Crippen LogP contribution in [0, 0.1) is 13.8 Å². The van der Waals surface area contributed by atoms with Crippen LogP contribution < -0.4 is 4.74 Å². The third kappa shape index (κ3) is 4.43. The Morgan fingerprint density at radius 3 is 2.36 bits per heavy atom. The van der Waals surface area contributed by atoms with Gasteiger partial charge in [0, 0.05) is 6.21 Å². The quantitative estimate of drug-likeness (QED) is 0.511. The van der Waals surface area contributed by atoms with Crippen LogP contribution in [0.15, 0.2) is 44.3 Å². The van der Waals surface area contributed by atoms with E-state index in [9.17, 15) is 0 Å². The zero-order chi connectivity index (χ0) is 16.1. The molecule has 0 heterocycles. The molecule has 0 amide bonds. The van der Waals surface area contributed by atoms with E-state index in [4.69, 9.17) is 4.74 Å². The number of hydrogen-bond donors (Lipinski definition) is 0. The minimum absolute atomic E-state index is 0.702. The van der Waals surface area contributed by atoms with E-state index in [1.165, 1.54) is 11.1 Å². The smallest absolute Gasteiger partial charge is 0.147 e. The molecule has 4 heteroatoms. The van der Waals surface area contributed by atoms with Crippen molar-refractivity contribution in [2.75, 3.05) is 6.61 Å². The molecule has 0 N–H and O–H groups in total. The van der Waals surface area contributed by atoms with Crippen LogP contribution in [0.5, 0.6) is 5.75 Å². The monoisotopic (exact) mass is 423 g/mol. The summed E-state index contributed by atoms with van der Waals surface area (Å²) < 4.78 is 7.58. The van der Waals surface area contributed by atoms with Crippen LogP contribution >= 0.6 is 31.9 Å². The van der Waals surface area contributed by atoms with E-state index in [-0.39, 0.29) is 0 Å². The Kier molecular flexibility index (Phi) is 6.21. The molecule has 0 aromatic heterocycles. The Bertz CT molecular complexity index is 672. The molecule has 0 saturated heterocycles. The molecule has 0 fully saturated rings. The summed E-state index contributed by atoms with van der Waals surface area (Å²) in [7, 11) is 0. The highest BCUT2D eigenvalue weighted by Crippen LogP contribution is 2.34. The van der Waals surface area contributed by atoms with Crippen molar-refractivity contribution in [3.05, 3.63) is 56.0 Å². The van der Waals surface area contributed by atoms with Crippen molar-refractivity contribution in [3.63, 3.8) is 0 Å². The van der Waals surface area contributed by atoms with Crippen molar-refractivity contribution in [1.29, 1.82) is 0 Å². The van der Waals surface area contributed by atoms with Gasteiger partial charge in [0.1, 0.15) is 5.75 Å². The zero-order valence-electron chi connectivity index (χ0n) is 13.0. The summed E-state index contributed by atoms with van der Waals surface area (Å²) in [6, 6.07) is 10.3. The van der Waals surface area contributed by atoms with Crippen molar-refractivity contribution in [1.82, 2.24) is 0 Å². The fourth-order valence-corrected chi connectivity index (χ4v) is 3.54. The van der Waals surface area contributed by atoms with Crippen molar-refractivity contribution in [2.24, 2.45) is 4.99 Å². The van der Waals surface area contributed by atoms with E-state index in [0.717, 1.165) is 32.4 Å². The van der Waals surface area contributed by atoms with Gasteiger partial charge in [0.15, 0.2) is 0 Å². The second kappa shape index (κ2) is 7.93. The van der Waals surface area contributed by atoms with Gasteiger partial charge in [-0.2, -0.15) is 0 Å². The Morgan fingerprint density at radius 1 is 1.09 bits per heavy atom. The molecular formula is C18H19Br2NO. The summed E-state index contributed by atoms with van der Waals surface area (Å²) in [4.78, 5) is 4.58. The molecule has 0 aliphatic rings. The first-order valence-corrected chi connectivity index (χ1v) is 8.83. The van der Waals surface area contributed by atoms with Crippen LogP contribution in [-0.4, -0.2) is 12.8 Å². The summed E-state index contributed by atoms with van der Waals surface area (Å²) >= 11 is 7.12. The Hall–Kier alpha value is -1.13. The van der Waals surface area contributed by atoms with E-state index < -0.39 is 0 Å². The van der Waals surface area contributed by atoms with Crippen LogP contribution in [-0.2, 0) is 0 Å². The van der Waals surface area contributed by atoms with E-state index >= 15 is 0 Å². The molecular weight excluding hydrogens is 406 g/mol. The number of rotatable bonds is 5. The number of halogens is 2. The normalized spacial score (nSPS) is 11.1. The SMILES string of the molecule is CCCOc1c(Br)cc(C=Nc2ccc(C)cc2C)cc1Br. The fraction of sp³-hybridized carbons (Fsp3) is 0.278. The summed E-state index contributed by atoms with van der Waals surface area (Å²) in [5, 5.41) is 0. The predicted molar refractivity (Wildman–Crippen MR) is 101 cm³/mol. The summed E-state index contributed by atoms with van der Waals surface area (Å²) in [5.41, 5.74) is 4.43. The average molecular weight is 425 g/mol. The maximum atomic E-state index is 5.73. The molecule has 116 valence electrons. The van der Waals surface area contributed by atoms with Crippen LogP contribution in [0.4, 0.5) is 5.69 Å². The lowest BCUT2D eigenvalue weighted by molar-refractivity contribution is 0.313. The molecule has 0 radical (unpaired) electrons. The number of aliphatic imine (C=N–C) groups is 1. The maximum absolute atomic E-state index is 5.73. The minimum Gasteiger partial charge on any atom is -0.491 e. The van der Waals surface area contributed by atoms with Gasteiger partial charge >= 0.3 is 0 Å². The number of aryl methyl sites for hydroxylation is 2. The zero-order valence-corrected chi connectivity index (χ0v) is 16.2. The third-order valence-electron chi connectivity index (χ3n) is 3.18. The first-order valence-electron chi connectivity index (χ1n) is 7.24. The van der Waals surface area contributed by atoms with Gasteiger partial charge in [0.25, 0.3) is 0 Å². The Labute approximate surface area is 148 Å². The lowest BCUT2D eigenvalue weighted by Gasteiger charge is -2.10. The highest BCUT2D eigenvalue weighted by atomic mass is 79.9. The molecule has 0 aliphatic carbocycles. The van der Waals surface area contributed by atoms with Crippen LogP contribution in [0.1, 0.15) is 30.0 Å². The highest BCUT2D eigenvalue weighted by molar-refractivity contribution is 9.11. The van der Waals surface area contributed by atoms with Crippen LogP contribution in [0.2, 0.25) is 0 Å². The molecule has 2 rings (SSSR count). The maximum Gasteiger partial charge on any atom is 0.147 e. The molecule has 0 unspecified atom stereocenters. The second-order valence-corrected chi connectivity index (χ2v) is 6.92. The van der Waals surface area contributed by atoms with Gasteiger partial charge in [0.2, 0.25) is 0 Å². The number of hydrogen-bond acceptors (Lipinski definition) is 2. The van der Waals surface area contributed by atoms with Gasteiger partial charge in [-0.3, -0.25) is 4.99 Å². The summed E-state index contributed by atoms with van der Waals surface area (Å²) in [5.74, 6) is 0.838. The van der Waals surface area contributed by atoms with Gasteiger partial charge in [0.05, 0.1) is 21.2 Å². The van der Waals surface area contributed by atoms with Gasteiger partial charge in [-0.25, -0.2) is 0 Å². The first kappa shape index (κ1) is 17.2. The van der Waals surface area contributed by atoms with Crippen molar-refractivity contribution in [3.8, 4) is 5.75 Å². The molecule has 0 atom stereocenters. The van der Waals surface area contributed by atoms with E-state index in [2.05, 4.69) is 69.8 Å². The number of benzene rings is 2. The van der Waals surface area contributed by atoms with Gasteiger partial charge in [-0.1, -0.05) is 24.6 Å². The molecule has 0 spiro atoms. The lowest BCUT2D eigenvalue weighted by atomic mass is 10.1. The summed E-state index contributed by atoms with van der Waals surface area (Å²) in [6.07, 6.45) is 2.85. The average Bonchev–Trinajstić information content (AvgIpc) is 2.45. The number of nitrogens with zero attached hydrogens (tertiary/aromatic N) is 1. The fourth-order valence-electron chi connectivity index (χ4n) is 2.09. The summed E-state index contributed by atoms with van der Waals surface area (Å²) in [6.45, 7) is 6.96. The van der Waals surface area contributed by atoms with Crippen molar-refractivity contribution >= 4 is 43.8 Å². The molecule has 0 bridgehead atoms. The van der Waals surface area contributed by atoms with Crippen molar-refractivity contribution < 1.29 is 4.74 Å². The van der Waals surface area contributed by atoms with Crippen molar-refractivity contribution in [2.45, 2.75) is 27.2 Å². The van der Waals surface area contributed by atoms with Gasteiger partial charge < -0.3 is 4.74 Å². The predicted octanol–water partition coefficient (Wildman–Crippen LogP) is 6.37. The molecule has 2 nitrogen and oxygen atoms in total. The molecule has 22 heavy (non-hydrogen) atoms. The van der Waals surface area contributed by atoms with E-state index in [0.29, 0.717) is 6.61 Å². The Morgan fingerprint density at radius 2 is 1.77 bits per heavy atom. The Balaban J connectivity index is 2.24. The van der Waals surface area contributed by atoms with Crippen LogP contribution in [0.3, 0.4) is 0 Å². The lowest BCUT2D eigenvalue weighted by Crippen LogP contribution is -1.97. The first-order chi connectivity index (χ1) is 10.5. The van der Waals surface area contributed by atoms with E-state index in [1.54, 1.807) is 0 Å². The largest absolute Gasteiger partial charge is 0.491 e. The highest BCUT2D eigenvalue weighted by Gasteiger charge is 2.08. The molecule has 2 aromatic rings. The van der Waals surface area contributed by atoms with Gasteiger partial charge in [-0.15, -0.1) is 0 Å².